The molecule has 0 saturated carbocycles. The third-order valence-corrected chi connectivity index (χ3v) is 8.28. The highest BCUT2D eigenvalue weighted by molar-refractivity contribution is 6.74. The Labute approximate surface area is 96.0 Å². The Hall–Kier alpha value is -0.0831. The van der Waals surface area contributed by atoms with Crippen molar-refractivity contribution >= 4 is 8.32 Å². The molecule has 0 fully saturated rings. The molecule has 0 saturated heterocycles. The van der Waals surface area contributed by atoms with E-state index in [2.05, 4.69) is 52.9 Å². The fourth-order valence-electron chi connectivity index (χ4n) is 1.68. The summed E-state index contributed by atoms with van der Waals surface area (Å²) in [6, 6.07) is 0. The summed E-state index contributed by atoms with van der Waals surface area (Å²) < 4.78 is 6.37. The van der Waals surface area contributed by atoms with Crippen LogP contribution in [0.25, 0.3) is 0 Å². The molecular weight excluding hydrogens is 200 g/mol. The largest absolute Gasteiger partial charge is 0.411 e. The normalized spacial score (nSPS) is 28.1. The van der Waals surface area contributed by atoms with Crippen LogP contribution in [0, 0.1) is 5.92 Å². The highest BCUT2D eigenvalue weighted by Gasteiger charge is 2.39. The average Bonchev–Trinajstić information content (AvgIpc) is 2.00. The Balaban J connectivity index is 2.61. The summed E-state index contributed by atoms with van der Waals surface area (Å²) in [7, 11) is -1.57. The molecule has 2 atom stereocenters. The van der Waals surface area contributed by atoms with E-state index in [1.54, 1.807) is 0 Å². The van der Waals surface area contributed by atoms with Crippen LogP contribution in [0.2, 0.25) is 18.1 Å². The van der Waals surface area contributed by atoms with E-state index in [0.717, 1.165) is 5.92 Å². The summed E-state index contributed by atoms with van der Waals surface area (Å²) in [4.78, 5) is 0. The smallest absolute Gasteiger partial charge is 0.192 e. The van der Waals surface area contributed by atoms with Crippen molar-refractivity contribution in [3.63, 3.8) is 0 Å². The molecule has 0 aromatic heterocycles. The van der Waals surface area contributed by atoms with Crippen LogP contribution < -0.4 is 0 Å². The molecule has 0 N–H and O–H groups in total. The van der Waals surface area contributed by atoms with Crippen molar-refractivity contribution in [3.05, 3.63) is 12.2 Å². The Kier molecular flexibility index (Phi) is 3.83. The van der Waals surface area contributed by atoms with E-state index in [4.69, 9.17) is 4.43 Å². The minimum absolute atomic E-state index is 0.321. The van der Waals surface area contributed by atoms with Crippen LogP contribution in [0.4, 0.5) is 0 Å². The van der Waals surface area contributed by atoms with E-state index in [9.17, 15) is 0 Å². The third kappa shape index (κ3) is 3.46. The molecule has 0 bridgehead atoms. The minimum Gasteiger partial charge on any atom is -0.411 e. The quantitative estimate of drug-likeness (QED) is 0.502. The van der Waals surface area contributed by atoms with Gasteiger partial charge in [0.2, 0.25) is 0 Å². The number of rotatable bonds is 2. The Morgan fingerprint density at radius 1 is 1.27 bits per heavy atom. The molecule has 0 radical (unpaired) electrons. The van der Waals surface area contributed by atoms with Gasteiger partial charge in [0, 0.05) is 0 Å². The summed E-state index contributed by atoms with van der Waals surface area (Å²) in [5.74, 6) is 0.782. The molecule has 1 rings (SSSR count). The van der Waals surface area contributed by atoms with Crippen molar-refractivity contribution in [2.45, 2.75) is 64.8 Å². The maximum Gasteiger partial charge on any atom is 0.192 e. The monoisotopic (exact) mass is 226 g/mol. The topological polar surface area (TPSA) is 9.23 Å². The molecule has 0 spiro atoms. The zero-order valence-corrected chi connectivity index (χ0v) is 12.1. The van der Waals surface area contributed by atoms with E-state index < -0.39 is 8.32 Å². The number of hydrogen-bond donors (Lipinski definition) is 0. The summed E-state index contributed by atoms with van der Waals surface area (Å²) in [6.45, 7) is 13.9. The molecule has 1 aliphatic carbocycles. The van der Waals surface area contributed by atoms with Crippen LogP contribution in [0.5, 0.6) is 0 Å². The van der Waals surface area contributed by atoms with Gasteiger partial charge in [-0.3, -0.25) is 0 Å². The molecular formula is C13H26OSi. The van der Waals surface area contributed by atoms with Crippen molar-refractivity contribution < 1.29 is 4.43 Å². The first-order chi connectivity index (χ1) is 6.72. The van der Waals surface area contributed by atoms with Crippen molar-refractivity contribution in [2.75, 3.05) is 0 Å². The van der Waals surface area contributed by atoms with E-state index >= 15 is 0 Å². The van der Waals surface area contributed by atoms with Crippen LogP contribution in [0.15, 0.2) is 12.2 Å². The van der Waals surface area contributed by atoms with Gasteiger partial charge in [0.05, 0.1) is 6.10 Å². The highest BCUT2D eigenvalue weighted by atomic mass is 28.4. The molecule has 1 nitrogen and oxygen atoms in total. The van der Waals surface area contributed by atoms with Crippen LogP contribution in [0.3, 0.4) is 0 Å². The third-order valence-electron chi connectivity index (χ3n) is 3.78. The Bertz CT molecular complexity index is 237. The predicted molar refractivity (Wildman–Crippen MR) is 69.6 cm³/mol. The highest BCUT2D eigenvalue weighted by Crippen LogP contribution is 2.38. The average molecular weight is 226 g/mol. The minimum atomic E-state index is -1.57. The van der Waals surface area contributed by atoms with E-state index in [1.165, 1.54) is 12.8 Å². The zero-order valence-electron chi connectivity index (χ0n) is 11.1. The van der Waals surface area contributed by atoms with Gasteiger partial charge in [-0.1, -0.05) is 39.8 Å². The summed E-state index contributed by atoms with van der Waals surface area (Å²) >= 11 is 0. The van der Waals surface area contributed by atoms with Crippen molar-refractivity contribution in [2.24, 2.45) is 5.92 Å². The van der Waals surface area contributed by atoms with E-state index in [-0.39, 0.29) is 0 Å². The van der Waals surface area contributed by atoms with Crippen LogP contribution in [-0.4, -0.2) is 14.4 Å². The van der Waals surface area contributed by atoms with Gasteiger partial charge in [-0.2, -0.15) is 0 Å². The fraction of sp³-hybridized carbons (Fsp3) is 0.846. The van der Waals surface area contributed by atoms with Gasteiger partial charge in [0.15, 0.2) is 8.32 Å². The van der Waals surface area contributed by atoms with Gasteiger partial charge in [-0.05, 0) is 36.9 Å². The lowest BCUT2D eigenvalue weighted by atomic mass is 9.95. The van der Waals surface area contributed by atoms with Crippen molar-refractivity contribution in [1.82, 2.24) is 0 Å². The standard InChI is InChI=1S/C13H26OSi/c1-11-8-7-9-12(10-11)14-15(5,6)13(2,3)4/h7,9,11-12H,8,10H2,1-6H3. The molecule has 0 heterocycles. The van der Waals surface area contributed by atoms with Gasteiger partial charge in [0.25, 0.3) is 0 Å². The molecule has 2 unspecified atom stereocenters. The Morgan fingerprint density at radius 3 is 2.33 bits per heavy atom. The first kappa shape index (κ1) is 13.0. The molecule has 15 heavy (non-hydrogen) atoms. The molecule has 2 heteroatoms. The Morgan fingerprint density at radius 2 is 1.87 bits per heavy atom. The molecule has 0 aromatic rings. The molecule has 0 aromatic carbocycles. The molecule has 88 valence electrons. The summed E-state index contributed by atoms with van der Waals surface area (Å²) in [5.41, 5.74) is 0. The summed E-state index contributed by atoms with van der Waals surface area (Å²) in [6.07, 6.45) is 7.34. The number of hydrogen-bond acceptors (Lipinski definition) is 1. The van der Waals surface area contributed by atoms with Gasteiger partial charge >= 0.3 is 0 Å². The summed E-state index contributed by atoms with van der Waals surface area (Å²) in [5, 5.41) is 0.321. The first-order valence-electron chi connectivity index (χ1n) is 6.07. The zero-order chi connectivity index (χ0) is 11.7. The second-order valence-corrected chi connectivity index (χ2v) is 11.2. The number of allylic oxidation sites excluding steroid dienone is 1. The lowest BCUT2D eigenvalue weighted by molar-refractivity contribution is 0.188. The van der Waals surface area contributed by atoms with Crippen molar-refractivity contribution in [1.29, 1.82) is 0 Å². The lowest BCUT2D eigenvalue weighted by Gasteiger charge is -2.39. The molecule has 1 aliphatic rings. The van der Waals surface area contributed by atoms with Crippen LogP contribution >= 0.6 is 0 Å². The van der Waals surface area contributed by atoms with Gasteiger partial charge in [0.1, 0.15) is 0 Å². The van der Waals surface area contributed by atoms with Crippen LogP contribution in [-0.2, 0) is 4.43 Å². The second kappa shape index (κ2) is 4.42. The second-order valence-electron chi connectivity index (χ2n) is 6.42. The maximum atomic E-state index is 6.37. The molecule has 0 amide bonds. The first-order valence-corrected chi connectivity index (χ1v) is 8.98. The van der Waals surface area contributed by atoms with Crippen molar-refractivity contribution in [3.8, 4) is 0 Å². The van der Waals surface area contributed by atoms with E-state index in [0.29, 0.717) is 11.1 Å². The predicted octanol–water partition coefficient (Wildman–Crippen LogP) is 4.36. The maximum absolute atomic E-state index is 6.37. The van der Waals surface area contributed by atoms with Crippen LogP contribution in [0.1, 0.15) is 40.5 Å². The fourth-order valence-corrected chi connectivity index (χ4v) is 2.96. The van der Waals surface area contributed by atoms with Gasteiger partial charge < -0.3 is 4.43 Å². The SMILES string of the molecule is CC1CC=CC(O[Si](C)(C)C(C)(C)C)C1. The van der Waals surface area contributed by atoms with Gasteiger partial charge in [-0.25, -0.2) is 0 Å². The van der Waals surface area contributed by atoms with E-state index in [1.807, 2.05) is 0 Å². The lowest BCUT2D eigenvalue weighted by Crippen LogP contribution is -2.44. The van der Waals surface area contributed by atoms with Gasteiger partial charge in [-0.15, -0.1) is 0 Å². The molecule has 0 aliphatic heterocycles.